The highest BCUT2D eigenvalue weighted by atomic mass is 35.5. The van der Waals surface area contributed by atoms with Crippen LogP contribution in [0.4, 0.5) is 18.9 Å². The molecule has 3 rings (SSSR count). The average Bonchev–Trinajstić information content (AvgIpc) is 2.63. The van der Waals surface area contributed by atoms with E-state index in [9.17, 15) is 18.0 Å². The number of rotatable bonds is 4. The molecule has 0 spiro atoms. The molecule has 2 aromatic rings. The quantitative estimate of drug-likeness (QED) is 0.658. The maximum Gasteiger partial charge on any atom is 0.417 e. The molecule has 0 saturated carbocycles. The molecule has 1 fully saturated rings. The number of carbonyl (C=O) groups is 1. The van der Waals surface area contributed by atoms with Crippen LogP contribution in [0.15, 0.2) is 42.5 Å². The average molecular weight is 431 g/mol. The smallest absolute Gasteiger partial charge is 0.326 e. The fraction of sp³-hybridized carbons (Fsp3) is 0.350. The molecule has 1 amide bonds. The van der Waals surface area contributed by atoms with Crippen molar-refractivity contribution in [2.45, 2.75) is 25.6 Å². The number of alkyl halides is 3. The number of nitrogens with zero attached hydrogens (tertiary/aromatic N) is 1. The van der Waals surface area contributed by atoms with Gasteiger partial charge in [-0.3, -0.25) is 9.69 Å². The molecule has 0 radical (unpaired) electrons. The van der Waals surface area contributed by atoms with Crippen molar-refractivity contribution in [2.75, 3.05) is 18.4 Å². The summed E-state index contributed by atoms with van der Waals surface area (Å²) < 4.78 is 38.9. The molecule has 0 aromatic heterocycles. The molecule has 1 N–H and O–H groups in total. The fourth-order valence-corrected chi connectivity index (χ4v) is 3.75. The molecule has 0 aliphatic carbocycles. The first-order chi connectivity index (χ1) is 13.2. The molecule has 150 valence electrons. The van der Waals surface area contributed by atoms with E-state index in [0.717, 1.165) is 37.3 Å². The third-order valence-corrected chi connectivity index (χ3v) is 5.36. The highest BCUT2D eigenvalue weighted by Crippen LogP contribution is 2.36. The van der Waals surface area contributed by atoms with Crippen LogP contribution >= 0.6 is 23.2 Å². The summed E-state index contributed by atoms with van der Waals surface area (Å²) in [7, 11) is 0. The lowest BCUT2D eigenvalue weighted by molar-refractivity contribution is -0.137. The Morgan fingerprint density at radius 2 is 1.82 bits per heavy atom. The first-order valence-electron chi connectivity index (χ1n) is 8.87. The number of likely N-dealkylation sites (tertiary alicyclic amines) is 1. The Labute approximate surface area is 171 Å². The first kappa shape index (κ1) is 21.0. The molecule has 1 saturated heterocycles. The summed E-state index contributed by atoms with van der Waals surface area (Å²) in [5.74, 6) is -0.501. The second-order valence-corrected chi connectivity index (χ2v) is 7.71. The van der Waals surface area contributed by atoms with Crippen LogP contribution < -0.4 is 5.32 Å². The minimum absolute atomic E-state index is 0.100. The molecule has 0 unspecified atom stereocenters. The summed E-state index contributed by atoms with van der Waals surface area (Å²) in [6, 6.07) is 11.0. The van der Waals surface area contributed by atoms with Crippen molar-refractivity contribution in [3.05, 3.63) is 63.6 Å². The van der Waals surface area contributed by atoms with Crippen LogP contribution in [-0.2, 0) is 17.5 Å². The predicted octanol–water partition coefficient (Wildman–Crippen LogP) is 5.86. The molecule has 3 nitrogen and oxygen atoms in total. The normalized spacial score (nSPS) is 16.2. The molecule has 1 aliphatic heterocycles. The van der Waals surface area contributed by atoms with Gasteiger partial charge in [0.25, 0.3) is 0 Å². The first-order valence-corrected chi connectivity index (χ1v) is 9.62. The Kier molecular flexibility index (Phi) is 6.53. The SMILES string of the molecule is O=C(Nc1ccc(Cl)c(C(F)(F)F)c1)C1CCN(Cc2cccc(Cl)c2)CC1. The van der Waals surface area contributed by atoms with E-state index in [1.165, 1.54) is 6.07 Å². The van der Waals surface area contributed by atoms with Crippen LogP contribution in [0.2, 0.25) is 10.0 Å². The maximum absolute atomic E-state index is 13.0. The molecule has 2 aromatic carbocycles. The second-order valence-electron chi connectivity index (χ2n) is 6.86. The molecule has 1 aliphatic rings. The number of amides is 1. The van der Waals surface area contributed by atoms with Crippen LogP contribution in [0.25, 0.3) is 0 Å². The van der Waals surface area contributed by atoms with E-state index in [-0.39, 0.29) is 22.5 Å². The number of halogens is 5. The van der Waals surface area contributed by atoms with Crippen LogP contribution in [0.1, 0.15) is 24.0 Å². The molecule has 0 atom stereocenters. The van der Waals surface area contributed by atoms with Crippen LogP contribution in [-0.4, -0.2) is 23.9 Å². The van der Waals surface area contributed by atoms with Crippen LogP contribution in [0.5, 0.6) is 0 Å². The summed E-state index contributed by atoms with van der Waals surface area (Å²) in [6.45, 7) is 2.22. The summed E-state index contributed by atoms with van der Waals surface area (Å²) in [5, 5.41) is 2.89. The number of benzene rings is 2. The van der Waals surface area contributed by atoms with Gasteiger partial charge in [0.1, 0.15) is 0 Å². The van der Waals surface area contributed by atoms with Gasteiger partial charge in [0.2, 0.25) is 5.91 Å². The Hall–Kier alpha value is -1.76. The molecule has 8 heteroatoms. The van der Waals surface area contributed by atoms with Gasteiger partial charge in [0.05, 0.1) is 10.6 Å². The van der Waals surface area contributed by atoms with Gasteiger partial charge in [-0.15, -0.1) is 0 Å². The van der Waals surface area contributed by atoms with Gasteiger partial charge in [-0.1, -0.05) is 35.3 Å². The number of nitrogens with one attached hydrogen (secondary N) is 1. The third kappa shape index (κ3) is 5.40. The minimum Gasteiger partial charge on any atom is -0.326 e. The maximum atomic E-state index is 13.0. The number of carbonyl (C=O) groups excluding carboxylic acids is 1. The Morgan fingerprint density at radius 1 is 1.11 bits per heavy atom. The van der Waals surface area contributed by atoms with Crippen molar-refractivity contribution >= 4 is 34.8 Å². The van der Waals surface area contributed by atoms with Crippen molar-refractivity contribution in [2.24, 2.45) is 5.92 Å². The molecule has 28 heavy (non-hydrogen) atoms. The number of hydrogen-bond acceptors (Lipinski definition) is 2. The van der Waals surface area contributed by atoms with Gasteiger partial charge in [0.15, 0.2) is 0 Å². The van der Waals surface area contributed by atoms with Gasteiger partial charge in [-0.25, -0.2) is 0 Å². The zero-order valence-corrected chi connectivity index (χ0v) is 16.4. The molecular weight excluding hydrogens is 412 g/mol. The van der Waals surface area contributed by atoms with Crippen LogP contribution in [0.3, 0.4) is 0 Å². The molecular formula is C20H19Cl2F3N2O. The third-order valence-electron chi connectivity index (χ3n) is 4.79. The Balaban J connectivity index is 1.56. The zero-order valence-electron chi connectivity index (χ0n) is 14.9. The van der Waals surface area contributed by atoms with Gasteiger partial charge in [-0.05, 0) is 61.8 Å². The summed E-state index contributed by atoms with van der Waals surface area (Å²) in [5.41, 5.74) is 0.252. The van der Waals surface area contributed by atoms with Gasteiger partial charge < -0.3 is 5.32 Å². The highest BCUT2D eigenvalue weighted by molar-refractivity contribution is 6.31. The van der Waals surface area contributed by atoms with Gasteiger partial charge in [0, 0.05) is 23.2 Å². The largest absolute Gasteiger partial charge is 0.417 e. The van der Waals surface area contributed by atoms with E-state index >= 15 is 0 Å². The zero-order chi connectivity index (χ0) is 20.3. The topological polar surface area (TPSA) is 32.3 Å². The summed E-state index contributed by atoms with van der Waals surface area (Å²) in [6.07, 6.45) is -3.28. The van der Waals surface area contributed by atoms with Gasteiger partial charge >= 0.3 is 6.18 Å². The lowest BCUT2D eigenvalue weighted by Crippen LogP contribution is -2.37. The van der Waals surface area contributed by atoms with Gasteiger partial charge in [-0.2, -0.15) is 13.2 Å². The minimum atomic E-state index is -4.57. The van der Waals surface area contributed by atoms with E-state index in [1.54, 1.807) is 0 Å². The predicted molar refractivity (Wildman–Crippen MR) is 105 cm³/mol. The van der Waals surface area contributed by atoms with Crippen molar-refractivity contribution < 1.29 is 18.0 Å². The van der Waals surface area contributed by atoms with Crippen LogP contribution in [0, 0.1) is 5.92 Å². The number of anilines is 1. The number of piperidine rings is 1. The van der Waals surface area contributed by atoms with E-state index < -0.39 is 11.7 Å². The van der Waals surface area contributed by atoms with Crippen molar-refractivity contribution in [1.82, 2.24) is 4.90 Å². The summed E-state index contributed by atoms with van der Waals surface area (Å²) >= 11 is 11.6. The Morgan fingerprint density at radius 3 is 2.46 bits per heavy atom. The van der Waals surface area contributed by atoms with E-state index in [1.807, 2.05) is 24.3 Å². The monoisotopic (exact) mass is 430 g/mol. The lowest BCUT2D eigenvalue weighted by atomic mass is 9.95. The number of hydrogen-bond donors (Lipinski definition) is 1. The standard InChI is InChI=1S/C20H19Cl2F3N2O/c21-15-3-1-2-13(10-15)12-27-8-6-14(7-9-27)19(28)26-16-4-5-18(22)17(11-16)20(23,24)25/h1-5,10-11,14H,6-9,12H2,(H,26,28). The van der Waals surface area contributed by atoms with Crippen molar-refractivity contribution in [3.8, 4) is 0 Å². The fourth-order valence-electron chi connectivity index (χ4n) is 3.31. The van der Waals surface area contributed by atoms with Crippen molar-refractivity contribution in [1.29, 1.82) is 0 Å². The highest BCUT2D eigenvalue weighted by Gasteiger charge is 2.33. The second kappa shape index (κ2) is 8.72. The molecule has 0 bridgehead atoms. The van der Waals surface area contributed by atoms with E-state index in [4.69, 9.17) is 23.2 Å². The summed E-state index contributed by atoms with van der Waals surface area (Å²) in [4.78, 5) is 14.7. The molecule has 1 heterocycles. The van der Waals surface area contributed by atoms with E-state index in [0.29, 0.717) is 17.9 Å². The van der Waals surface area contributed by atoms with E-state index in [2.05, 4.69) is 10.2 Å². The van der Waals surface area contributed by atoms with Crippen molar-refractivity contribution in [3.63, 3.8) is 0 Å². The lowest BCUT2D eigenvalue weighted by Gasteiger charge is -2.31. The Bertz CT molecular complexity index is 850.